The number of anilines is 1. The molecule has 23 heavy (non-hydrogen) atoms. The zero-order chi connectivity index (χ0) is 16.4. The predicted octanol–water partition coefficient (Wildman–Crippen LogP) is 3.23. The lowest BCUT2D eigenvalue weighted by Gasteiger charge is -2.02. The second kappa shape index (κ2) is 6.26. The van der Waals surface area contributed by atoms with Crippen LogP contribution in [-0.2, 0) is 13.1 Å². The molecule has 2 aromatic carbocycles. The molecule has 3 aromatic rings. The number of fused-ring (bicyclic) bond motifs is 1. The molecule has 2 N–H and O–H groups in total. The van der Waals surface area contributed by atoms with E-state index < -0.39 is 0 Å². The number of carbonyl (C=O) groups is 1. The van der Waals surface area contributed by atoms with E-state index in [9.17, 15) is 4.79 Å². The first-order valence-electron chi connectivity index (χ1n) is 7.28. The van der Waals surface area contributed by atoms with E-state index in [1.54, 1.807) is 30.3 Å². The van der Waals surface area contributed by atoms with Crippen LogP contribution in [-0.4, -0.2) is 10.4 Å². The third-order valence-electron chi connectivity index (χ3n) is 3.80. The van der Waals surface area contributed by atoms with Crippen LogP contribution < -0.4 is 10.3 Å². The molecule has 1 heterocycles. The Bertz CT molecular complexity index is 881. The number of Topliss-reactive ketones (excluding diaryl/α,β-unsaturated/α-hetero) is 1. The van der Waals surface area contributed by atoms with E-state index in [2.05, 4.69) is 6.58 Å². The number of ketones is 1. The summed E-state index contributed by atoms with van der Waals surface area (Å²) < 4.78 is 3.77. The molecular weight excluding hydrogens is 310 g/mol. The van der Waals surface area contributed by atoms with Crippen molar-refractivity contribution in [2.45, 2.75) is 13.1 Å². The van der Waals surface area contributed by atoms with Crippen molar-refractivity contribution >= 4 is 34.4 Å². The van der Waals surface area contributed by atoms with Gasteiger partial charge in [-0.25, -0.2) is 9.13 Å². The van der Waals surface area contributed by atoms with Gasteiger partial charge in [-0.05, 0) is 36.4 Å². The molecule has 5 heteroatoms. The number of nitrogens with two attached hydrogens (primary N) is 1. The maximum atomic E-state index is 12.5. The van der Waals surface area contributed by atoms with Gasteiger partial charge < -0.3 is 0 Å². The first kappa shape index (κ1) is 15.3. The topological polar surface area (TPSA) is 51.9 Å². The minimum atomic E-state index is -0.0140. The van der Waals surface area contributed by atoms with Crippen molar-refractivity contribution in [1.82, 2.24) is 4.57 Å². The third-order valence-corrected chi connectivity index (χ3v) is 4.05. The van der Waals surface area contributed by atoms with Crippen LogP contribution in [0.5, 0.6) is 0 Å². The van der Waals surface area contributed by atoms with Gasteiger partial charge >= 0.3 is 5.95 Å². The van der Waals surface area contributed by atoms with Crippen LogP contribution in [0.25, 0.3) is 11.0 Å². The summed E-state index contributed by atoms with van der Waals surface area (Å²) in [7, 11) is 0. The second-order valence-electron chi connectivity index (χ2n) is 5.26. The molecule has 4 nitrogen and oxygen atoms in total. The van der Waals surface area contributed by atoms with Gasteiger partial charge in [0.25, 0.3) is 0 Å². The van der Waals surface area contributed by atoms with E-state index in [0.717, 1.165) is 11.0 Å². The fourth-order valence-corrected chi connectivity index (χ4v) is 2.80. The van der Waals surface area contributed by atoms with Gasteiger partial charge in [0.1, 0.15) is 17.6 Å². The van der Waals surface area contributed by atoms with Crippen molar-refractivity contribution in [1.29, 1.82) is 0 Å². The molecule has 3 rings (SSSR count). The smallest absolute Gasteiger partial charge is 0.291 e. The maximum Gasteiger partial charge on any atom is 0.356 e. The van der Waals surface area contributed by atoms with Crippen molar-refractivity contribution in [2.24, 2.45) is 0 Å². The van der Waals surface area contributed by atoms with Crippen LogP contribution in [0, 0.1) is 0 Å². The summed E-state index contributed by atoms with van der Waals surface area (Å²) in [5, 5.41) is 0.608. The molecule has 116 valence electrons. The number of aromatic nitrogens is 2. The van der Waals surface area contributed by atoms with Crippen LogP contribution >= 0.6 is 11.6 Å². The summed E-state index contributed by atoms with van der Waals surface area (Å²) in [6.45, 7) is 4.54. The molecular formula is C18H17ClN3O+. The number of carbonyl (C=O) groups excluding carboxylic acids is 1. The summed E-state index contributed by atoms with van der Waals surface area (Å²) in [4.78, 5) is 12.5. The third kappa shape index (κ3) is 2.85. The Hall–Kier alpha value is -2.59. The standard InChI is InChI=1S/C18H16ClN3O/c1-2-11-21-15-5-3-4-6-16(15)22(18(21)20)12-17(23)13-7-9-14(19)10-8-13/h2-10,20H,1,11-12H2/p+1. The molecule has 1 aromatic heterocycles. The quantitative estimate of drug-likeness (QED) is 0.444. The number of imidazole rings is 1. The van der Waals surface area contributed by atoms with E-state index >= 15 is 0 Å². The first-order valence-corrected chi connectivity index (χ1v) is 7.66. The highest BCUT2D eigenvalue weighted by atomic mass is 35.5. The Balaban J connectivity index is 2.02. The average molecular weight is 327 g/mol. The molecule has 0 amide bonds. The van der Waals surface area contributed by atoms with E-state index in [1.165, 1.54) is 0 Å². The van der Waals surface area contributed by atoms with Crippen LogP contribution in [0.2, 0.25) is 5.02 Å². The van der Waals surface area contributed by atoms with Gasteiger partial charge in [-0.3, -0.25) is 10.5 Å². The molecule has 0 radical (unpaired) electrons. The zero-order valence-corrected chi connectivity index (χ0v) is 13.3. The van der Waals surface area contributed by atoms with Gasteiger partial charge in [0, 0.05) is 10.6 Å². The Kier molecular flexibility index (Phi) is 4.17. The van der Waals surface area contributed by atoms with Crippen LogP contribution in [0.3, 0.4) is 0 Å². The average Bonchev–Trinajstić information content (AvgIpc) is 2.82. The number of hydrogen-bond acceptors (Lipinski definition) is 2. The van der Waals surface area contributed by atoms with Crippen LogP contribution in [0.1, 0.15) is 10.4 Å². The Morgan fingerprint density at radius 3 is 2.61 bits per heavy atom. The Labute approximate surface area is 139 Å². The predicted molar refractivity (Wildman–Crippen MR) is 92.5 cm³/mol. The van der Waals surface area contributed by atoms with Crippen molar-refractivity contribution in [3.05, 3.63) is 71.8 Å². The van der Waals surface area contributed by atoms with E-state index in [4.69, 9.17) is 17.3 Å². The molecule has 0 unspecified atom stereocenters. The zero-order valence-electron chi connectivity index (χ0n) is 12.6. The lowest BCUT2D eigenvalue weighted by Crippen LogP contribution is -2.40. The van der Waals surface area contributed by atoms with Gasteiger partial charge in [-0.1, -0.05) is 36.4 Å². The van der Waals surface area contributed by atoms with Crippen molar-refractivity contribution in [3.63, 3.8) is 0 Å². The molecule has 0 saturated carbocycles. The highest BCUT2D eigenvalue weighted by Crippen LogP contribution is 2.17. The highest BCUT2D eigenvalue weighted by Gasteiger charge is 2.22. The van der Waals surface area contributed by atoms with E-state index in [-0.39, 0.29) is 12.3 Å². The summed E-state index contributed by atoms with van der Waals surface area (Å²) in [5.41, 5.74) is 8.78. The van der Waals surface area contributed by atoms with Crippen LogP contribution in [0.15, 0.2) is 61.2 Å². The molecule has 0 spiro atoms. The molecule has 0 aliphatic carbocycles. The van der Waals surface area contributed by atoms with Crippen LogP contribution in [0.4, 0.5) is 5.95 Å². The summed E-state index contributed by atoms with van der Waals surface area (Å²) in [5.74, 6) is 0.522. The number of allylic oxidation sites excluding steroid dienone is 1. The minimum Gasteiger partial charge on any atom is -0.291 e. The maximum absolute atomic E-state index is 12.5. The highest BCUT2D eigenvalue weighted by molar-refractivity contribution is 6.30. The molecule has 0 atom stereocenters. The molecule has 0 aliphatic rings. The Morgan fingerprint density at radius 1 is 1.22 bits per heavy atom. The minimum absolute atomic E-state index is 0.0140. The number of nitrogens with zero attached hydrogens (tertiary/aromatic N) is 2. The number of rotatable bonds is 5. The number of halogens is 1. The summed E-state index contributed by atoms with van der Waals surface area (Å²) in [6.07, 6.45) is 1.79. The molecule has 0 fully saturated rings. The number of para-hydroxylation sites is 2. The monoisotopic (exact) mass is 326 g/mol. The molecule has 0 saturated heterocycles. The van der Waals surface area contributed by atoms with Gasteiger partial charge in [-0.2, -0.15) is 0 Å². The largest absolute Gasteiger partial charge is 0.356 e. The summed E-state index contributed by atoms with van der Waals surface area (Å²) >= 11 is 5.87. The van der Waals surface area contributed by atoms with Crippen molar-refractivity contribution in [2.75, 3.05) is 5.73 Å². The van der Waals surface area contributed by atoms with Gasteiger partial charge in [-0.15, -0.1) is 0 Å². The fraction of sp³-hybridized carbons (Fsp3) is 0.111. The summed E-state index contributed by atoms with van der Waals surface area (Å²) in [6, 6.07) is 14.7. The van der Waals surface area contributed by atoms with Gasteiger partial charge in [0.2, 0.25) is 0 Å². The second-order valence-corrected chi connectivity index (χ2v) is 5.70. The number of hydrogen-bond donors (Lipinski definition) is 1. The molecule has 0 aliphatic heterocycles. The number of nitrogen functional groups attached to an aromatic ring is 1. The molecule has 0 bridgehead atoms. The van der Waals surface area contributed by atoms with Gasteiger partial charge in [0.15, 0.2) is 5.78 Å². The lowest BCUT2D eigenvalue weighted by atomic mass is 10.1. The van der Waals surface area contributed by atoms with Gasteiger partial charge in [0.05, 0.1) is 6.54 Å². The van der Waals surface area contributed by atoms with E-state index in [0.29, 0.717) is 23.1 Å². The van der Waals surface area contributed by atoms with Crippen molar-refractivity contribution in [3.8, 4) is 0 Å². The van der Waals surface area contributed by atoms with E-state index in [1.807, 2.05) is 33.4 Å². The first-order chi connectivity index (χ1) is 11.1. The SMILES string of the molecule is C=CCn1c(N)[n+](CC(=O)c2ccc(Cl)cc2)c2ccccc21. The fourth-order valence-electron chi connectivity index (χ4n) is 2.67. The lowest BCUT2D eigenvalue weighted by molar-refractivity contribution is -0.642. The number of benzene rings is 2. The Morgan fingerprint density at radius 2 is 1.91 bits per heavy atom. The normalized spacial score (nSPS) is 10.8. The van der Waals surface area contributed by atoms with Crippen molar-refractivity contribution < 1.29 is 9.36 Å².